The maximum absolute atomic E-state index is 13.3. The molecular weight excluding hydrogens is 351 g/mol. The first-order valence-corrected chi connectivity index (χ1v) is 7.53. The Kier molecular flexibility index (Phi) is 4.66. The Hall–Kier alpha value is -2.60. The van der Waals surface area contributed by atoms with E-state index in [0.717, 1.165) is 0 Å². The monoisotopic (exact) mass is 360 g/mol. The highest BCUT2D eigenvalue weighted by Crippen LogP contribution is 2.34. The standard InChI is InChI=1S/C16H10ClFN4OS/c1-23-15-6-13-10(5-14(15)21-8-24)16(20-7-19-13)22-9-2-3-12(18)11(17)4-9/h2-7H,1H3,(H,19,20,22). The van der Waals surface area contributed by atoms with Crippen LogP contribution >= 0.6 is 23.8 Å². The number of hydrogen-bond donors (Lipinski definition) is 1. The summed E-state index contributed by atoms with van der Waals surface area (Å²) in [5, 5.41) is 6.12. The van der Waals surface area contributed by atoms with Gasteiger partial charge in [-0.3, -0.25) is 0 Å². The lowest BCUT2D eigenvalue weighted by Gasteiger charge is -2.11. The molecule has 120 valence electrons. The van der Waals surface area contributed by atoms with Crippen LogP contribution in [0.3, 0.4) is 0 Å². The SMILES string of the molecule is COc1cc2ncnc(Nc3ccc(F)c(Cl)c3)c2cc1N=C=S. The van der Waals surface area contributed by atoms with Crippen molar-refractivity contribution in [2.75, 3.05) is 12.4 Å². The lowest BCUT2D eigenvalue weighted by atomic mass is 10.2. The van der Waals surface area contributed by atoms with E-state index in [1.807, 2.05) is 0 Å². The lowest BCUT2D eigenvalue weighted by molar-refractivity contribution is 0.417. The second kappa shape index (κ2) is 6.88. The minimum atomic E-state index is -0.489. The predicted octanol–water partition coefficient (Wildman–Crippen LogP) is 4.91. The molecule has 0 fully saturated rings. The summed E-state index contributed by atoms with van der Waals surface area (Å²) < 4.78 is 18.6. The van der Waals surface area contributed by atoms with E-state index in [1.54, 1.807) is 18.2 Å². The van der Waals surface area contributed by atoms with Gasteiger partial charge in [-0.1, -0.05) is 11.6 Å². The number of isothiocyanates is 1. The third-order valence-corrected chi connectivity index (χ3v) is 3.67. The lowest BCUT2D eigenvalue weighted by Crippen LogP contribution is -1.97. The number of thiocarbonyl (C=S) groups is 1. The number of nitrogens with zero attached hydrogens (tertiary/aromatic N) is 3. The van der Waals surface area contributed by atoms with Gasteiger partial charge in [-0.25, -0.2) is 14.4 Å². The third-order valence-electron chi connectivity index (χ3n) is 3.28. The van der Waals surface area contributed by atoms with E-state index < -0.39 is 5.82 Å². The van der Waals surface area contributed by atoms with Crippen LogP contribution in [0.4, 0.5) is 21.6 Å². The van der Waals surface area contributed by atoms with Crippen LogP contribution in [0.5, 0.6) is 5.75 Å². The number of anilines is 2. The molecule has 0 atom stereocenters. The van der Waals surface area contributed by atoms with Crippen LogP contribution in [0.2, 0.25) is 5.02 Å². The summed E-state index contributed by atoms with van der Waals surface area (Å²) in [6.45, 7) is 0. The van der Waals surface area contributed by atoms with Crippen molar-refractivity contribution in [2.24, 2.45) is 4.99 Å². The van der Waals surface area contributed by atoms with Gasteiger partial charge in [0.2, 0.25) is 0 Å². The van der Waals surface area contributed by atoms with Crippen molar-refractivity contribution in [3.8, 4) is 5.75 Å². The Labute approximate surface area is 147 Å². The summed E-state index contributed by atoms with van der Waals surface area (Å²) in [6.07, 6.45) is 1.41. The maximum Gasteiger partial charge on any atom is 0.147 e. The van der Waals surface area contributed by atoms with Crippen molar-refractivity contribution in [3.05, 3.63) is 47.5 Å². The number of nitrogens with one attached hydrogen (secondary N) is 1. The van der Waals surface area contributed by atoms with Crippen LogP contribution in [0, 0.1) is 5.82 Å². The summed E-state index contributed by atoms with van der Waals surface area (Å²) in [4.78, 5) is 12.4. The fourth-order valence-corrected chi connectivity index (χ4v) is 2.46. The summed E-state index contributed by atoms with van der Waals surface area (Å²) in [6, 6.07) is 7.78. The van der Waals surface area contributed by atoms with Crippen molar-refractivity contribution in [2.45, 2.75) is 0 Å². The largest absolute Gasteiger partial charge is 0.494 e. The maximum atomic E-state index is 13.3. The topological polar surface area (TPSA) is 59.4 Å². The Morgan fingerprint density at radius 1 is 1.29 bits per heavy atom. The highest BCUT2D eigenvalue weighted by atomic mass is 35.5. The van der Waals surface area contributed by atoms with Crippen LogP contribution < -0.4 is 10.1 Å². The molecule has 2 aromatic carbocycles. The normalized spacial score (nSPS) is 10.3. The molecule has 1 N–H and O–H groups in total. The quantitative estimate of drug-likeness (QED) is 0.529. The molecule has 0 aliphatic carbocycles. The van der Waals surface area contributed by atoms with Gasteiger partial charge in [-0.15, -0.1) is 0 Å². The first kappa shape index (κ1) is 16.3. The van der Waals surface area contributed by atoms with Gasteiger partial charge in [0.1, 0.15) is 29.4 Å². The van der Waals surface area contributed by atoms with Crippen LogP contribution in [0.25, 0.3) is 10.9 Å². The van der Waals surface area contributed by atoms with E-state index >= 15 is 0 Å². The zero-order valence-electron chi connectivity index (χ0n) is 12.4. The Morgan fingerprint density at radius 2 is 2.12 bits per heavy atom. The molecular formula is C16H10ClFN4OS. The molecule has 0 aliphatic heterocycles. The van der Waals surface area contributed by atoms with Crippen LogP contribution in [-0.4, -0.2) is 22.2 Å². The fraction of sp³-hybridized carbons (Fsp3) is 0.0625. The van der Waals surface area contributed by atoms with Gasteiger partial charge >= 0.3 is 0 Å². The number of hydrogen-bond acceptors (Lipinski definition) is 6. The number of methoxy groups -OCH3 is 1. The van der Waals surface area contributed by atoms with Gasteiger partial charge in [0, 0.05) is 17.1 Å². The zero-order chi connectivity index (χ0) is 17.1. The van der Waals surface area contributed by atoms with E-state index in [9.17, 15) is 4.39 Å². The van der Waals surface area contributed by atoms with Gasteiger partial charge in [-0.2, -0.15) is 4.99 Å². The van der Waals surface area contributed by atoms with Crippen LogP contribution in [-0.2, 0) is 0 Å². The Morgan fingerprint density at radius 3 is 2.83 bits per heavy atom. The first-order valence-electron chi connectivity index (χ1n) is 6.75. The average molecular weight is 361 g/mol. The molecule has 1 heterocycles. The molecule has 0 aliphatic rings. The van der Waals surface area contributed by atoms with Crippen molar-refractivity contribution in [3.63, 3.8) is 0 Å². The predicted molar refractivity (Wildman–Crippen MR) is 95.5 cm³/mol. The van der Waals surface area contributed by atoms with Gasteiger partial charge < -0.3 is 10.1 Å². The van der Waals surface area contributed by atoms with Crippen molar-refractivity contribution in [1.82, 2.24) is 9.97 Å². The molecule has 0 bridgehead atoms. The smallest absolute Gasteiger partial charge is 0.147 e. The summed E-state index contributed by atoms with van der Waals surface area (Å²) in [5.41, 5.74) is 1.76. The van der Waals surface area contributed by atoms with Gasteiger partial charge in [-0.05, 0) is 36.5 Å². The first-order chi connectivity index (χ1) is 11.6. The number of halogens is 2. The Balaban J connectivity index is 2.11. The molecule has 0 amide bonds. The number of ether oxygens (including phenoxy) is 1. The van der Waals surface area contributed by atoms with Crippen molar-refractivity contribution < 1.29 is 9.13 Å². The molecule has 0 saturated carbocycles. The number of rotatable bonds is 4. The molecule has 8 heteroatoms. The fourth-order valence-electron chi connectivity index (χ4n) is 2.18. The molecule has 0 radical (unpaired) electrons. The van der Waals surface area contributed by atoms with Crippen molar-refractivity contribution in [1.29, 1.82) is 0 Å². The van der Waals surface area contributed by atoms with Gasteiger partial charge in [0.05, 0.1) is 22.8 Å². The van der Waals surface area contributed by atoms with E-state index in [-0.39, 0.29) is 5.02 Å². The van der Waals surface area contributed by atoms with Crippen LogP contribution in [0.1, 0.15) is 0 Å². The molecule has 0 unspecified atom stereocenters. The zero-order valence-corrected chi connectivity index (χ0v) is 14.0. The third kappa shape index (κ3) is 3.19. The highest BCUT2D eigenvalue weighted by Gasteiger charge is 2.11. The van der Waals surface area contributed by atoms with Gasteiger partial charge in [0.25, 0.3) is 0 Å². The van der Waals surface area contributed by atoms with Gasteiger partial charge in [0.15, 0.2) is 0 Å². The molecule has 0 saturated heterocycles. The van der Waals surface area contributed by atoms with Crippen LogP contribution in [0.15, 0.2) is 41.7 Å². The molecule has 24 heavy (non-hydrogen) atoms. The minimum Gasteiger partial charge on any atom is -0.494 e. The molecule has 0 spiro atoms. The van der Waals surface area contributed by atoms with E-state index in [0.29, 0.717) is 33.8 Å². The van der Waals surface area contributed by atoms with E-state index in [2.05, 4.69) is 37.7 Å². The minimum absolute atomic E-state index is 0.0195. The summed E-state index contributed by atoms with van der Waals surface area (Å²) in [5.74, 6) is 0.553. The second-order valence-corrected chi connectivity index (χ2v) is 5.31. The Bertz CT molecular complexity index is 976. The molecule has 1 aromatic heterocycles. The van der Waals surface area contributed by atoms with E-state index in [1.165, 1.54) is 25.6 Å². The average Bonchev–Trinajstić information content (AvgIpc) is 2.58. The second-order valence-electron chi connectivity index (χ2n) is 4.72. The number of fused-ring (bicyclic) bond motifs is 1. The molecule has 5 nitrogen and oxygen atoms in total. The van der Waals surface area contributed by atoms with Crippen molar-refractivity contribution >= 4 is 57.1 Å². The number of benzene rings is 2. The number of aromatic nitrogens is 2. The van der Waals surface area contributed by atoms with E-state index in [4.69, 9.17) is 16.3 Å². The number of aliphatic imine (C=N–C) groups is 1. The summed E-state index contributed by atoms with van der Waals surface area (Å²) >= 11 is 10.5. The molecule has 3 rings (SSSR count). The molecule has 3 aromatic rings. The summed E-state index contributed by atoms with van der Waals surface area (Å²) in [7, 11) is 1.53. The highest BCUT2D eigenvalue weighted by molar-refractivity contribution is 7.78.